The van der Waals surface area contributed by atoms with Gasteiger partial charge in [0.05, 0.1) is 12.1 Å². The molecule has 1 aromatic heterocycles. The second-order valence-electron chi connectivity index (χ2n) is 7.09. The molecule has 0 unspecified atom stereocenters. The number of thiophene rings is 1. The van der Waals surface area contributed by atoms with Gasteiger partial charge < -0.3 is 4.74 Å². The average Bonchev–Trinajstić information content (AvgIpc) is 3.20. The molecule has 2 aromatic rings. The third-order valence-electron chi connectivity index (χ3n) is 5.40. The molecule has 1 amide bonds. The highest BCUT2D eigenvalue weighted by atomic mass is 32.2. The summed E-state index contributed by atoms with van der Waals surface area (Å²) in [6, 6.07) is 8.00. The molecule has 2 heterocycles. The number of esters is 1. The van der Waals surface area contributed by atoms with Crippen LogP contribution in [0.25, 0.3) is 0 Å². The molecule has 6 nitrogen and oxygen atoms in total. The molecule has 1 aliphatic carbocycles. The van der Waals surface area contributed by atoms with E-state index in [4.69, 9.17) is 4.74 Å². The van der Waals surface area contributed by atoms with Crippen molar-refractivity contribution in [1.82, 2.24) is 4.31 Å². The first kappa shape index (κ1) is 19.1. The zero-order chi connectivity index (χ0) is 19.9. The second-order valence-corrected chi connectivity index (χ2v) is 10.1. The SMILES string of the molecule is CC[C@H]1CCc2sc(C(=O)OCCN3C(=O)c4ccccc4S3(=O)=O)cc2C1. The van der Waals surface area contributed by atoms with E-state index in [1.54, 1.807) is 12.1 Å². The predicted octanol–water partition coefficient (Wildman–Crippen LogP) is 3.26. The Morgan fingerprint density at radius 1 is 1.32 bits per heavy atom. The number of hydrogen-bond donors (Lipinski definition) is 0. The fourth-order valence-electron chi connectivity index (χ4n) is 3.79. The zero-order valence-electron chi connectivity index (χ0n) is 15.5. The molecule has 0 saturated heterocycles. The molecule has 0 radical (unpaired) electrons. The van der Waals surface area contributed by atoms with Crippen LogP contribution >= 0.6 is 11.3 Å². The number of rotatable bonds is 5. The van der Waals surface area contributed by atoms with Crippen molar-refractivity contribution in [1.29, 1.82) is 0 Å². The molecule has 148 valence electrons. The Morgan fingerprint density at radius 2 is 2.11 bits per heavy atom. The van der Waals surface area contributed by atoms with Crippen LogP contribution in [0, 0.1) is 5.92 Å². The first-order chi connectivity index (χ1) is 13.4. The number of ether oxygens (including phenoxy) is 1. The number of hydrogen-bond acceptors (Lipinski definition) is 6. The van der Waals surface area contributed by atoms with Crippen LogP contribution in [0.3, 0.4) is 0 Å². The Bertz CT molecular complexity index is 1040. The molecule has 0 spiro atoms. The van der Waals surface area contributed by atoms with Gasteiger partial charge in [-0.05, 0) is 48.9 Å². The predicted molar refractivity (Wildman–Crippen MR) is 105 cm³/mol. The fraction of sp³-hybridized carbons (Fsp3) is 0.400. The number of nitrogens with zero attached hydrogens (tertiary/aromatic N) is 1. The van der Waals surface area contributed by atoms with Crippen LogP contribution < -0.4 is 0 Å². The van der Waals surface area contributed by atoms with Gasteiger partial charge in [-0.1, -0.05) is 25.5 Å². The molecule has 0 N–H and O–H groups in total. The van der Waals surface area contributed by atoms with Crippen molar-refractivity contribution < 1.29 is 22.7 Å². The lowest BCUT2D eigenvalue weighted by atomic mass is 9.87. The highest BCUT2D eigenvalue weighted by Gasteiger charge is 2.40. The summed E-state index contributed by atoms with van der Waals surface area (Å²) < 4.78 is 31.0. The summed E-state index contributed by atoms with van der Waals surface area (Å²) >= 11 is 1.46. The van der Waals surface area contributed by atoms with Crippen molar-refractivity contribution in [2.45, 2.75) is 37.5 Å². The first-order valence-electron chi connectivity index (χ1n) is 9.36. The third kappa shape index (κ3) is 3.24. The summed E-state index contributed by atoms with van der Waals surface area (Å²) in [7, 11) is -3.87. The zero-order valence-corrected chi connectivity index (χ0v) is 17.1. The Balaban J connectivity index is 1.39. The maximum Gasteiger partial charge on any atom is 0.348 e. The van der Waals surface area contributed by atoms with Gasteiger partial charge in [-0.15, -0.1) is 11.3 Å². The van der Waals surface area contributed by atoms with E-state index in [1.165, 1.54) is 33.9 Å². The highest BCUT2D eigenvalue weighted by molar-refractivity contribution is 7.90. The molecule has 0 saturated carbocycles. The van der Waals surface area contributed by atoms with E-state index in [9.17, 15) is 18.0 Å². The summed E-state index contributed by atoms with van der Waals surface area (Å²) in [6.45, 7) is 1.83. The summed E-state index contributed by atoms with van der Waals surface area (Å²) in [5, 5.41) is 0. The van der Waals surface area contributed by atoms with Crippen molar-refractivity contribution in [2.75, 3.05) is 13.2 Å². The normalized spacial score (nSPS) is 20.0. The number of aryl methyl sites for hydroxylation is 1. The molecule has 0 bridgehead atoms. The number of carbonyl (C=O) groups is 2. The van der Waals surface area contributed by atoms with Crippen molar-refractivity contribution in [3.05, 3.63) is 51.2 Å². The van der Waals surface area contributed by atoms with Crippen molar-refractivity contribution in [3.8, 4) is 0 Å². The number of carbonyl (C=O) groups excluding carboxylic acids is 2. The van der Waals surface area contributed by atoms with E-state index >= 15 is 0 Å². The van der Waals surface area contributed by atoms with Crippen LogP contribution in [-0.2, 0) is 27.6 Å². The Morgan fingerprint density at radius 3 is 2.86 bits per heavy atom. The van der Waals surface area contributed by atoms with Crippen LogP contribution in [-0.4, -0.2) is 37.8 Å². The van der Waals surface area contributed by atoms with Gasteiger partial charge in [0.1, 0.15) is 16.4 Å². The van der Waals surface area contributed by atoms with Gasteiger partial charge >= 0.3 is 5.97 Å². The Labute approximate surface area is 168 Å². The second kappa shape index (κ2) is 7.33. The summed E-state index contributed by atoms with van der Waals surface area (Å²) in [6.07, 6.45) is 4.27. The molecular weight excluding hydrogens is 398 g/mol. The lowest BCUT2D eigenvalue weighted by Gasteiger charge is -2.19. The van der Waals surface area contributed by atoms with E-state index in [0.717, 1.165) is 30.0 Å². The standard InChI is InChI=1S/C20H21NO5S2/c1-2-13-7-8-16-14(11-13)12-17(27-16)20(23)26-10-9-21-19(22)15-5-3-4-6-18(15)28(21,24)25/h3-6,12-13H,2,7-11H2,1H3/t13-/m0/s1. The van der Waals surface area contributed by atoms with Crippen molar-refractivity contribution >= 4 is 33.2 Å². The van der Waals surface area contributed by atoms with Crippen LogP contribution in [0.15, 0.2) is 35.2 Å². The van der Waals surface area contributed by atoms with Gasteiger partial charge in [-0.3, -0.25) is 4.79 Å². The minimum atomic E-state index is -3.87. The van der Waals surface area contributed by atoms with E-state index < -0.39 is 21.9 Å². The monoisotopic (exact) mass is 419 g/mol. The molecule has 4 rings (SSSR count). The first-order valence-corrected chi connectivity index (χ1v) is 11.6. The molecule has 0 fully saturated rings. The number of amides is 1. The molecule has 8 heteroatoms. The van der Waals surface area contributed by atoms with E-state index in [2.05, 4.69) is 6.92 Å². The highest BCUT2D eigenvalue weighted by Crippen LogP contribution is 2.34. The van der Waals surface area contributed by atoms with Gasteiger partial charge in [-0.2, -0.15) is 0 Å². The number of fused-ring (bicyclic) bond motifs is 2. The average molecular weight is 420 g/mol. The van der Waals surface area contributed by atoms with Crippen LogP contribution in [0.2, 0.25) is 0 Å². The molecule has 28 heavy (non-hydrogen) atoms. The van der Waals surface area contributed by atoms with Gasteiger partial charge in [0, 0.05) is 4.88 Å². The minimum absolute atomic E-state index is 0.00253. The largest absolute Gasteiger partial charge is 0.460 e. The van der Waals surface area contributed by atoms with E-state index in [-0.39, 0.29) is 23.6 Å². The van der Waals surface area contributed by atoms with Crippen LogP contribution in [0.4, 0.5) is 0 Å². The van der Waals surface area contributed by atoms with Crippen LogP contribution in [0.1, 0.15) is 50.2 Å². The van der Waals surface area contributed by atoms with Gasteiger partial charge in [0.15, 0.2) is 0 Å². The van der Waals surface area contributed by atoms with Crippen molar-refractivity contribution in [3.63, 3.8) is 0 Å². The molecule has 1 aliphatic heterocycles. The van der Waals surface area contributed by atoms with E-state index in [0.29, 0.717) is 10.8 Å². The van der Waals surface area contributed by atoms with Gasteiger partial charge in [0.2, 0.25) is 0 Å². The Hall–Kier alpha value is -2.19. The van der Waals surface area contributed by atoms with E-state index in [1.807, 2.05) is 6.07 Å². The Kier molecular flexibility index (Phi) is 5.01. The molecule has 2 aliphatic rings. The van der Waals surface area contributed by atoms with Gasteiger partial charge in [-0.25, -0.2) is 17.5 Å². The van der Waals surface area contributed by atoms with Crippen molar-refractivity contribution in [2.24, 2.45) is 5.92 Å². The topological polar surface area (TPSA) is 80.8 Å². The molecular formula is C20H21NO5S2. The summed E-state index contributed by atoms with van der Waals surface area (Å²) in [4.78, 5) is 26.5. The smallest absolute Gasteiger partial charge is 0.348 e. The van der Waals surface area contributed by atoms with Crippen LogP contribution in [0.5, 0.6) is 0 Å². The lowest BCUT2D eigenvalue weighted by molar-refractivity contribution is 0.0483. The molecule has 1 aromatic carbocycles. The number of sulfonamides is 1. The lowest BCUT2D eigenvalue weighted by Crippen LogP contribution is -2.33. The van der Waals surface area contributed by atoms with Gasteiger partial charge in [0.25, 0.3) is 15.9 Å². The minimum Gasteiger partial charge on any atom is -0.460 e. The number of benzene rings is 1. The fourth-order valence-corrected chi connectivity index (χ4v) is 6.45. The summed E-state index contributed by atoms with van der Waals surface area (Å²) in [5.74, 6) is -0.378. The quantitative estimate of drug-likeness (QED) is 0.695. The maximum atomic E-state index is 12.5. The molecule has 1 atom stereocenters. The third-order valence-corrected chi connectivity index (χ3v) is 8.46. The maximum absolute atomic E-state index is 12.5. The summed E-state index contributed by atoms with van der Waals surface area (Å²) in [5.41, 5.74) is 1.38.